The van der Waals surface area contributed by atoms with Crippen molar-refractivity contribution in [1.82, 2.24) is 14.8 Å². The van der Waals surface area contributed by atoms with Crippen LogP contribution in [0.1, 0.15) is 11.3 Å². The Hall–Kier alpha value is -3.47. The number of aromatic nitrogens is 3. The number of fused-ring (bicyclic) bond motifs is 1. The molecule has 0 atom stereocenters. The summed E-state index contributed by atoms with van der Waals surface area (Å²) in [5.41, 5.74) is 5.68. The maximum Gasteiger partial charge on any atom is 0.246 e. The van der Waals surface area contributed by atoms with Crippen LogP contribution in [0, 0.1) is 13.8 Å². The zero-order valence-electron chi connectivity index (χ0n) is 15.3. The second-order valence-electron chi connectivity index (χ2n) is 6.58. The molecule has 0 saturated carbocycles. The average molecular weight is 356 g/mol. The minimum absolute atomic E-state index is 0.115. The molecule has 1 N–H and O–H groups in total. The van der Waals surface area contributed by atoms with E-state index >= 15 is 0 Å². The molecule has 2 aromatic carbocycles. The van der Waals surface area contributed by atoms with Gasteiger partial charge in [-0.25, -0.2) is 9.67 Å². The van der Waals surface area contributed by atoms with E-state index in [2.05, 4.69) is 27.5 Å². The molecule has 4 rings (SSSR count). The fourth-order valence-electron chi connectivity index (χ4n) is 3.22. The molecule has 134 valence electrons. The number of nitrogens with one attached hydrogen (secondary N) is 1. The van der Waals surface area contributed by atoms with Crippen LogP contribution in [-0.2, 0) is 11.3 Å². The Morgan fingerprint density at radius 3 is 2.48 bits per heavy atom. The molecule has 0 unspecified atom stereocenters. The zero-order valence-corrected chi connectivity index (χ0v) is 15.3. The second kappa shape index (κ2) is 7.03. The number of nitrogens with zero attached hydrogens (tertiary/aromatic N) is 3. The van der Waals surface area contributed by atoms with Gasteiger partial charge >= 0.3 is 0 Å². The first kappa shape index (κ1) is 17.0. The number of benzene rings is 2. The smallest absolute Gasteiger partial charge is 0.246 e. The van der Waals surface area contributed by atoms with Crippen LogP contribution < -0.4 is 5.32 Å². The lowest BCUT2D eigenvalue weighted by Gasteiger charge is -2.07. The standard InChI is InChI=1S/C22H20N4O/c1-15-8-10-18(11-9-15)24-20(27)14-26-22-21(16(2)25-26)19(12-13-23-22)17-6-4-3-5-7-17/h3-13H,14H2,1-2H3,(H,24,27). The molecule has 0 radical (unpaired) electrons. The number of carbonyl (C=O) groups is 1. The van der Waals surface area contributed by atoms with Crippen LogP contribution in [-0.4, -0.2) is 20.7 Å². The highest BCUT2D eigenvalue weighted by Crippen LogP contribution is 2.29. The third-order valence-corrected chi connectivity index (χ3v) is 4.52. The van der Waals surface area contributed by atoms with Gasteiger partial charge < -0.3 is 5.32 Å². The molecule has 1 amide bonds. The van der Waals surface area contributed by atoms with Crippen molar-refractivity contribution in [1.29, 1.82) is 0 Å². The van der Waals surface area contributed by atoms with Crippen molar-refractivity contribution in [3.8, 4) is 11.1 Å². The predicted octanol–water partition coefficient (Wildman–Crippen LogP) is 4.35. The highest BCUT2D eigenvalue weighted by atomic mass is 16.2. The first-order valence-corrected chi connectivity index (χ1v) is 8.86. The summed E-state index contributed by atoms with van der Waals surface area (Å²) in [6, 6.07) is 19.9. The van der Waals surface area contributed by atoms with E-state index in [1.54, 1.807) is 10.9 Å². The van der Waals surface area contributed by atoms with Crippen LogP contribution >= 0.6 is 0 Å². The molecule has 0 fully saturated rings. The van der Waals surface area contributed by atoms with E-state index in [0.29, 0.717) is 5.65 Å². The summed E-state index contributed by atoms with van der Waals surface area (Å²) in [6.45, 7) is 4.08. The highest BCUT2D eigenvalue weighted by molar-refractivity contribution is 5.96. The number of aryl methyl sites for hydroxylation is 2. The normalized spacial score (nSPS) is 10.9. The van der Waals surface area contributed by atoms with Gasteiger partial charge in [-0.2, -0.15) is 5.10 Å². The van der Waals surface area contributed by atoms with Crippen LogP contribution in [0.3, 0.4) is 0 Å². The molecule has 4 aromatic rings. The van der Waals surface area contributed by atoms with Crippen LogP contribution in [0.2, 0.25) is 0 Å². The predicted molar refractivity (Wildman–Crippen MR) is 108 cm³/mol. The number of hydrogen-bond acceptors (Lipinski definition) is 3. The van der Waals surface area contributed by atoms with Crippen molar-refractivity contribution < 1.29 is 4.79 Å². The van der Waals surface area contributed by atoms with Gasteiger partial charge in [-0.15, -0.1) is 0 Å². The van der Waals surface area contributed by atoms with Crippen LogP contribution in [0.5, 0.6) is 0 Å². The van der Waals surface area contributed by atoms with Gasteiger partial charge in [0, 0.05) is 17.3 Å². The molecule has 2 aromatic heterocycles. The lowest BCUT2D eigenvalue weighted by Crippen LogP contribution is -2.19. The fourth-order valence-corrected chi connectivity index (χ4v) is 3.22. The van der Waals surface area contributed by atoms with Crippen molar-refractivity contribution in [2.75, 3.05) is 5.32 Å². The van der Waals surface area contributed by atoms with Crippen LogP contribution in [0.4, 0.5) is 5.69 Å². The second-order valence-corrected chi connectivity index (χ2v) is 6.58. The van der Waals surface area contributed by atoms with E-state index in [4.69, 9.17) is 0 Å². The molecule has 0 bridgehead atoms. The molecule has 0 spiro atoms. The summed E-state index contributed by atoms with van der Waals surface area (Å²) in [4.78, 5) is 17.0. The van der Waals surface area contributed by atoms with E-state index in [1.165, 1.54) is 0 Å². The topological polar surface area (TPSA) is 59.8 Å². The molecule has 5 heteroatoms. The molecule has 27 heavy (non-hydrogen) atoms. The lowest BCUT2D eigenvalue weighted by atomic mass is 10.0. The Morgan fingerprint density at radius 2 is 1.74 bits per heavy atom. The van der Waals surface area contributed by atoms with Gasteiger partial charge in [0.15, 0.2) is 5.65 Å². The van der Waals surface area contributed by atoms with E-state index in [1.807, 2.05) is 62.4 Å². The Labute approximate surface area is 157 Å². The molecule has 0 aliphatic rings. The van der Waals surface area contributed by atoms with Crippen molar-refractivity contribution in [3.05, 3.63) is 78.1 Å². The summed E-state index contributed by atoms with van der Waals surface area (Å²) in [5.74, 6) is -0.129. The first-order chi connectivity index (χ1) is 13.1. The number of amides is 1. The van der Waals surface area contributed by atoms with Gasteiger partial charge in [0.25, 0.3) is 0 Å². The number of hydrogen-bond donors (Lipinski definition) is 1. The maximum absolute atomic E-state index is 12.5. The Morgan fingerprint density at radius 1 is 1.00 bits per heavy atom. The third kappa shape index (κ3) is 3.44. The van der Waals surface area contributed by atoms with Gasteiger partial charge in [0.1, 0.15) is 6.54 Å². The van der Waals surface area contributed by atoms with Gasteiger partial charge in [-0.3, -0.25) is 4.79 Å². The highest BCUT2D eigenvalue weighted by Gasteiger charge is 2.15. The average Bonchev–Trinajstić information content (AvgIpc) is 3.00. The van der Waals surface area contributed by atoms with Gasteiger partial charge in [-0.05, 0) is 43.2 Å². The number of anilines is 1. The minimum Gasteiger partial charge on any atom is -0.324 e. The van der Waals surface area contributed by atoms with E-state index < -0.39 is 0 Å². The summed E-state index contributed by atoms with van der Waals surface area (Å²) < 4.78 is 1.67. The van der Waals surface area contributed by atoms with Crippen molar-refractivity contribution in [3.63, 3.8) is 0 Å². The van der Waals surface area contributed by atoms with E-state index in [-0.39, 0.29) is 12.5 Å². The monoisotopic (exact) mass is 356 g/mol. The van der Waals surface area contributed by atoms with E-state index in [0.717, 1.165) is 33.5 Å². The lowest BCUT2D eigenvalue weighted by molar-refractivity contribution is -0.116. The molecule has 2 heterocycles. The fraction of sp³-hybridized carbons (Fsp3) is 0.136. The van der Waals surface area contributed by atoms with Crippen molar-refractivity contribution in [2.24, 2.45) is 0 Å². The number of carbonyl (C=O) groups excluding carboxylic acids is 1. The van der Waals surface area contributed by atoms with Crippen LogP contribution in [0.15, 0.2) is 66.9 Å². The summed E-state index contributed by atoms with van der Waals surface area (Å²) in [6.07, 6.45) is 1.76. The quantitative estimate of drug-likeness (QED) is 0.591. The van der Waals surface area contributed by atoms with Crippen molar-refractivity contribution in [2.45, 2.75) is 20.4 Å². The Balaban J connectivity index is 1.65. The zero-order chi connectivity index (χ0) is 18.8. The van der Waals surface area contributed by atoms with Gasteiger partial charge in [0.2, 0.25) is 5.91 Å². The summed E-state index contributed by atoms with van der Waals surface area (Å²) >= 11 is 0. The molecular formula is C22H20N4O. The third-order valence-electron chi connectivity index (χ3n) is 4.52. The maximum atomic E-state index is 12.5. The molecule has 0 aliphatic heterocycles. The van der Waals surface area contributed by atoms with Gasteiger partial charge in [0.05, 0.1) is 5.69 Å². The summed E-state index contributed by atoms with van der Waals surface area (Å²) in [5, 5.41) is 8.45. The molecule has 0 saturated heterocycles. The molecule has 5 nitrogen and oxygen atoms in total. The molecule has 0 aliphatic carbocycles. The Bertz CT molecular complexity index is 1100. The summed E-state index contributed by atoms with van der Waals surface area (Å²) in [7, 11) is 0. The largest absolute Gasteiger partial charge is 0.324 e. The molecular weight excluding hydrogens is 336 g/mol. The van der Waals surface area contributed by atoms with E-state index in [9.17, 15) is 4.79 Å². The number of pyridine rings is 1. The Kier molecular flexibility index (Phi) is 4.42. The SMILES string of the molecule is Cc1ccc(NC(=O)Cn2nc(C)c3c(-c4ccccc4)ccnc32)cc1. The van der Waals surface area contributed by atoms with Gasteiger partial charge in [-0.1, -0.05) is 48.0 Å². The first-order valence-electron chi connectivity index (χ1n) is 8.86. The minimum atomic E-state index is -0.129. The van der Waals surface area contributed by atoms with Crippen molar-refractivity contribution >= 4 is 22.6 Å². The number of rotatable bonds is 4. The van der Waals surface area contributed by atoms with Crippen LogP contribution in [0.25, 0.3) is 22.2 Å².